The smallest absolute Gasteiger partial charge is 0.308 e. The summed E-state index contributed by atoms with van der Waals surface area (Å²) in [6.07, 6.45) is 0.459. The number of likely N-dealkylation sites (tertiary alicyclic amines) is 1. The standard InChI is InChI=1S/C13H14FNO4/c14-10-2-1-3-11(6-10)19-8-12(16)15-5-4-9(7-15)13(17)18/h1-3,6,9H,4-5,7-8H2,(H,17,18). The number of ether oxygens (including phenoxy) is 1. The van der Waals surface area contributed by atoms with E-state index in [0.717, 1.165) is 0 Å². The molecule has 1 N–H and O–H groups in total. The first-order valence-electron chi connectivity index (χ1n) is 5.95. The first-order chi connectivity index (χ1) is 9.06. The van der Waals surface area contributed by atoms with Crippen molar-refractivity contribution < 1.29 is 23.8 Å². The number of halogens is 1. The molecule has 1 atom stereocenters. The van der Waals surface area contributed by atoms with Gasteiger partial charge in [-0.25, -0.2) is 4.39 Å². The molecule has 6 heteroatoms. The molecule has 0 aliphatic carbocycles. The summed E-state index contributed by atoms with van der Waals surface area (Å²) in [5.74, 6) is -1.83. The van der Waals surface area contributed by atoms with Gasteiger partial charge in [-0.05, 0) is 18.6 Å². The van der Waals surface area contributed by atoms with E-state index in [1.807, 2.05) is 0 Å². The lowest BCUT2D eigenvalue weighted by Crippen LogP contribution is -2.33. The van der Waals surface area contributed by atoms with Gasteiger partial charge in [0.2, 0.25) is 0 Å². The molecule has 0 radical (unpaired) electrons. The molecule has 1 aliphatic heterocycles. The van der Waals surface area contributed by atoms with Crippen LogP contribution in [-0.2, 0) is 9.59 Å². The summed E-state index contributed by atoms with van der Waals surface area (Å²) in [6.45, 7) is 0.415. The van der Waals surface area contributed by atoms with E-state index in [-0.39, 0.29) is 24.8 Å². The average molecular weight is 267 g/mol. The molecule has 1 amide bonds. The second-order valence-corrected chi connectivity index (χ2v) is 4.41. The number of nitrogens with zero attached hydrogens (tertiary/aromatic N) is 1. The summed E-state index contributed by atoms with van der Waals surface area (Å²) in [7, 11) is 0. The molecule has 1 heterocycles. The topological polar surface area (TPSA) is 66.8 Å². The molecule has 1 saturated heterocycles. The van der Waals surface area contributed by atoms with E-state index in [2.05, 4.69) is 0 Å². The maximum absolute atomic E-state index is 12.9. The SMILES string of the molecule is O=C(O)C1CCN(C(=O)COc2cccc(F)c2)C1. The predicted octanol–water partition coefficient (Wildman–Crippen LogP) is 1.14. The third kappa shape index (κ3) is 3.43. The second kappa shape index (κ2) is 5.69. The summed E-state index contributed by atoms with van der Waals surface area (Å²) in [5, 5.41) is 8.84. The van der Waals surface area contributed by atoms with Crippen LogP contribution in [0.4, 0.5) is 4.39 Å². The molecule has 1 aromatic carbocycles. The summed E-state index contributed by atoms with van der Waals surface area (Å²) in [4.78, 5) is 24.0. The van der Waals surface area contributed by atoms with Crippen molar-refractivity contribution in [3.8, 4) is 5.75 Å². The Kier molecular flexibility index (Phi) is 3.99. The van der Waals surface area contributed by atoms with Crippen molar-refractivity contribution in [2.24, 2.45) is 5.92 Å². The van der Waals surface area contributed by atoms with Crippen LogP contribution in [0.5, 0.6) is 5.75 Å². The lowest BCUT2D eigenvalue weighted by molar-refractivity contribution is -0.141. The molecule has 102 valence electrons. The van der Waals surface area contributed by atoms with Gasteiger partial charge in [-0.3, -0.25) is 9.59 Å². The summed E-state index contributed by atoms with van der Waals surface area (Å²) in [5.41, 5.74) is 0. The minimum atomic E-state index is -0.888. The van der Waals surface area contributed by atoms with Gasteiger partial charge < -0.3 is 14.7 Å². The number of benzene rings is 1. The van der Waals surface area contributed by atoms with Crippen LogP contribution in [-0.4, -0.2) is 41.6 Å². The van der Waals surface area contributed by atoms with Gasteiger partial charge in [0.05, 0.1) is 5.92 Å². The van der Waals surface area contributed by atoms with Gasteiger partial charge in [0.15, 0.2) is 6.61 Å². The van der Waals surface area contributed by atoms with Gasteiger partial charge in [0.1, 0.15) is 11.6 Å². The molecule has 0 spiro atoms. The monoisotopic (exact) mass is 267 g/mol. The number of amides is 1. The molecule has 19 heavy (non-hydrogen) atoms. The zero-order valence-electron chi connectivity index (χ0n) is 10.2. The molecule has 1 aromatic rings. The lowest BCUT2D eigenvalue weighted by atomic mass is 10.1. The van der Waals surface area contributed by atoms with Gasteiger partial charge in [0, 0.05) is 19.2 Å². The first kappa shape index (κ1) is 13.3. The Morgan fingerprint density at radius 2 is 2.26 bits per heavy atom. The van der Waals surface area contributed by atoms with Gasteiger partial charge >= 0.3 is 5.97 Å². The molecular formula is C13H14FNO4. The highest BCUT2D eigenvalue weighted by Gasteiger charge is 2.30. The average Bonchev–Trinajstić information content (AvgIpc) is 2.86. The number of aliphatic carboxylic acids is 1. The van der Waals surface area contributed by atoms with E-state index < -0.39 is 17.7 Å². The Hall–Kier alpha value is -2.11. The molecule has 5 nitrogen and oxygen atoms in total. The van der Waals surface area contributed by atoms with Crippen LogP contribution in [0.2, 0.25) is 0 Å². The van der Waals surface area contributed by atoms with E-state index >= 15 is 0 Å². The second-order valence-electron chi connectivity index (χ2n) is 4.41. The zero-order valence-corrected chi connectivity index (χ0v) is 10.2. The van der Waals surface area contributed by atoms with E-state index in [1.54, 1.807) is 6.07 Å². The van der Waals surface area contributed by atoms with Crippen LogP contribution in [0.3, 0.4) is 0 Å². The van der Waals surface area contributed by atoms with E-state index in [4.69, 9.17) is 9.84 Å². The van der Waals surface area contributed by atoms with Crippen molar-refractivity contribution in [1.29, 1.82) is 0 Å². The van der Waals surface area contributed by atoms with E-state index in [9.17, 15) is 14.0 Å². The fourth-order valence-corrected chi connectivity index (χ4v) is 1.98. The molecule has 0 saturated carbocycles. The van der Waals surface area contributed by atoms with Crippen LogP contribution in [0.15, 0.2) is 24.3 Å². The number of rotatable bonds is 4. The Labute approximate surface area is 109 Å². The van der Waals surface area contributed by atoms with E-state index in [1.165, 1.54) is 23.1 Å². The van der Waals surface area contributed by atoms with Gasteiger partial charge in [-0.15, -0.1) is 0 Å². The fourth-order valence-electron chi connectivity index (χ4n) is 1.98. The lowest BCUT2D eigenvalue weighted by Gasteiger charge is -2.16. The quantitative estimate of drug-likeness (QED) is 0.888. The first-order valence-corrected chi connectivity index (χ1v) is 5.95. The van der Waals surface area contributed by atoms with Crippen molar-refractivity contribution in [2.75, 3.05) is 19.7 Å². The van der Waals surface area contributed by atoms with Crippen LogP contribution in [0.1, 0.15) is 6.42 Å². The predicted molar refractivity (Wildman–Crippen MR) is 64.2 cm³/mol. The fraction of sp³-hybridized carbons (Fsp3) is 0.385. The van der Waals surface area contributed by atoms with Crippen LogP contribution in [0.25, 0.3) is 0 Å². The normalized spacial score (nSPS) is 18.4. The minimum Gasteiger partial charge on any atom is -0.484 e. The Morgan fingerprint density at radius 3 is 2.89 bits per heavy atom. The maximum Gasteiger partial charge on any atom is 0.308 e. The van der Waals surface area contributed by atoms with Crippen molar-refractivity contribution in [1.82, 2.24) is 4.90 Å². The number of hydrogen-bond acceptors (Lipinski definition) is 3. The van der Waals surface area contributed by atoms with E-state index in [0.29, 0.717) is 13.0 Å². The summed E-state index contributed by atoms with van der Waals surface area (Å²) in [6, 6.07) is 5.52. The molecule has 2 rings (SSSR count). The minimum absolute atomic E-state index is 0.209. The number of carboxylic acid groups (broad SMARTS) is 1. The van der Waals surface area contributed by atoms with Crippen molar-refractivity contribution in [3.63, 3.8) is 0 Å². The maximum atomic E-state index is 12.9. The highest BCUT2D eigenvalue weighted by molar-refractivity contribution is 5.79. The largest absolute Gasteiger partial charge is 0.484 e. The highest BCUT2D eigenvalue weighted by atomic mass is 19.1. The molecule has 1 unspecified atom stereocenters. The molecular weight excluding hydrogens is 253 g/mol. The van der Waals surface area contributed by atoms with Gasteiger partial charge in [0.25, 0.3) is 5.91 Å². The van der Waals surface area contributed by atoms with Crippen molar-refractivity contribution in [3.05, 3.63) is 30.1 Å². The molecule has 0 aromatic heterocycles. The van der Waals surface area contributed by atoms with Crippen molar-refractivity contribution >= 4 is 11.9 Å². The van der Waals surface area contributed by atoms with Crippen LogP contribution < -0.4 is 4.74 Å². The van der Waals surface area contributed by atoms with Gasteiger partial charge in [-0.2, -0.15) is 0 Å². The molecule has 1 aliphatic rings. The summed E-state index contributed by atoms with van der Waals surface area (Å²) >= 11 is 0. The Bertz CT molecular complexity index is 491. The number of carbonyl (C=O) groups excluding carboxylic acids is 1. The van der Waals surface area contributed by atoms with Crippen molar-refractivity contribution in [2.45, 2.75) is 6.42 Å². The third-order valence-corrected chi connectivity index (χ3v) is 3.05. The van der Waals surface area contributed by atoms with Crippen LogP contribution >= 0.6 is 0 Å². The van der Waals surface area contributed by atoms with Crippen LogP contribution in [0, 0.1) is 11.7 Å². The van der Waals surface area contributed by atoms with Gasteiger partial charge in [-0.1, -0.05) is 6.07 Å². The molecule has 0 bridgehead atoms. The Balaban J connectivity index is 1.84. The Morgan fingerprint density at radius 1 is 1.47 bits per heavy atom. The summed E-state index contributed by atoms with van der Waals surface area (Å²) < 4.78 is 18.1. The number of hydrogen-bond donors (Lipinski definition) is 1. The number of carboxylic acids is 1. The number of carbonyl (C=O) groups is 2. The third-order valence-electron chi connectivity index (χ3n) is 3.05. The molecule has 1 fully saturated rings. The highest BCUT2D eigenvalue weighted by Crippen LogP contribution is 2.17. The zero-order chi connectivity index (χ0) is 13.8.